The van der Waals surface area contributed by atoms with Crippen LogP contribution in [-0.4, -0.2) is 32.4 Å². The molecule has 0 atom stereocenters. The number of carbonyl (C=O) groups excluding carboxylic acids is 1. The first kappa shape index (κ1) is 18.4. The lowest BCUT2D eigenvalue weighted by Gasteiger charge is -2.19. The molecule has 0 saturated carbocycles. The molecule has 0 aliphatic carbocycles. The molecule has 0 saturated heterocycles. The second-order valence-corrected chi connectivity index (χ2v) is 6.09. The van der Waals surface area contributed by atoms with Gasteiger partial charge in [-0.25, -0.2) is 9.59 Å². The maximum atomic E-state index is 12.9. The number of nitriles is 1. The Morgan fingerprint density at radius 3 is 2.67 bits per heavy atom. The number of amides is 1. The monoisotopic (exact) mass is 382 g/mol. The minimum absolute atomic E-state index is 0.276. The number of hydrogen-bond donors (Lipinski definition) is 0. The van der Waals surface area contributed by atoms with Gasteiger partial charge in [-0.15, -0.1) is 4.68 Å². The van der Waals surface area contributed by atoms with Gasteiger partial charge in [-0.2, -0.15) is 9.94 Å². The van der Waals surface area contributed by atoms with Gasteiger partial charge in [0.25, 0.3) is 0 Å². The van der Waals surface area contributed by atoms with Gasteiger partial charge in [-0.05, 0) is 54.1 Å². The van der Waals surface area contributed by atoms with Crippen molar-refractivity contribution in [2.75, 3.05) is 11.4 Å². The number of anilines is 1. The molecule has 3 aromatic rings. The van der Waals surface area contributed by atoms with Crippen LogP contribution in [-0.2, 0) is 0 Å². The van der Waals surface area contributed by atoms with E-state index in [1.807, 2.05) is 6.07 Å². The molecule has 9 heteroatoms. The average molecular weight is 383 g/mol. The standard InChI is InChI=1S/C18H15ClN6O2/c1-3-23(14-8-5-7-13(10-14)11-20)17(26)25-18(27)24(21-22-25)16-12(2)6-4-9-15(16)19/h4-10H,3H2,1-2H3. The molecule has 27 heavy (non-hydrogen) atoms. The number of para-hydroxylation sites is 1. The third kappa shape index (κ3) is 3.32. The van der Waals surface area contributed by atoms with Crippen LogP contribution >= 0.6 is 11.6 Å². The predicted octanol–water partition coefficient (Wildman–Crippen LogP) is 2.76. The smallest absolute Gasteiger partial charge is 0.293 e. The SMILES string of the molecule is CCN(C(=O)n1nnn(-c2c(C)cccc2Cl)c1=O)c1cccc(C#N)c1. The molecular weight excluding hydrogens is 368 g/mol. The molecule has 0 spiro atoms. The van der Waals surface area contributed by atoms with Gasteiger partial charge in [0, 0.05) is 12.2 Å². The lowest BCUT2D eigenvalue weighted by Crippen LogP contribution is -2.41. The topological polar surface area (TPSA) is 96.8 Å². The molecular formula is C18H15ClN6O2. The van der Waals surface area contributed by atoms with Gasteiger partial charge < -0.3 is 0 Å². The van der Waals surface area contributed by atoms with E-state index in [0.717, 1.165) is 10.2 Å². The van der Waals surface area contributed by atoms with Gasteiger partial charge >= 0.3 is 11.7 Å². The number of aryl methyl sites for hydroxylation is 1. The van der Waals surface area contributed by atoms with Crippen molar-refractivity contribution in [3.63, 3.8) is 0 Å². The van der Waals surface area contributed by atoms with Crippen LogP contribution in [0.3, 0.4) is 0 Å². The molecule has 1 aromatic heterocycles. The van der Waals surface area contributed by atoms with Gasteiger partial charge in [-0.3, -0.25) is 4.90 Å². The fraction of sp³-hybridized carbons (Fsp3) is 0.167. The van der Waals surface area contributed by atoms with Crippen LogP contribution in [0.2, 0.25) is 5.02 Å². The number of rotatable bonds is 3. The molecule has 0 radical (unpaired) electrons. The average Bonchev–Trinajstić information content (AvgIpc) is 3.03. The second kappa shape index (κ2) is 7.43. The Bertz CT molecular complexity index is 1090. The van der Waals surface area contributed by atoms with Gasteiger partial charge in [0.2, 0.25) is 0 Å². The van der Waals surface area contributed by atoms with E-state index in [1.54, 1.807) is 56.3 Å². The molecule has 136 valence electrons. The maximum Gasteiger partial charge on any atom is 0.377 e. The number of hydrogen-bond acceptors (Lipinski definition) is 5. The third-order valence-electron chi connectivity index (χ3n) is 4.00. The van der Waals surface area contributed by atoms with E-state index in [1.165, 1.54) is 4.90 Å². The van der Waals surface area contributed by atoms with Crippen molar-refractivity contribution in [1.29, 1.82) is 5.26 Å². The molecule has 1 amide bonds. The summed E-state index contributed by atoms with van der Waals surface area (Å²) < 4.78 is 1.67. The molecule has 0 bridgehead atoms. The first-order chi connectivity index (χ1) is 13.0. The van der Waals surface area contributed by atoms with Gasteiger partial charge in [0.05, 0.1) is 22.3 Å². The fourth-order valence-electron chi connectivity index (χ4n) is 2.68. The minimum atomic E-state index is -0.730. The summed E-state index contributed by atoms with van der Waals surface area (Å²) in [4.78, 5) is 26.9. The lowest BCUT2D eigenvalue weighted by atomic mass is 10.2. The van der Waals surface area contributed by atoms with E-state index < -0.39 is 11.7 Å². The second-order valence-electron chi connectivity index (χ2n) is 5.68. The number of aromatic nitrogens is 4. The fourth-order valence-corrected chi connectivity index (χ4v) is 2.99. The summed E-state index contributed by atoms with van der Waals surface area (Å²) in [6.07, 6.45) is 0. The van der Waals surface area contributed by atoms with Crippen LogP contribution in [0, 0.1) is 18.3 Å². The van der Waals surface area contributed by atoms with Crippen molar-refractivity contribution >= 4 is 23.3 Å². The van der Waals surface area contributed by atoms with Crippen molar-refractivity contribution in [3.8, 4) is 11.8 Å². The van der Waals surface area contributed by atoms with Crippen molar-refractivity contribution in [2.45, 2.75) is 13.8 Å². The highest BCUT2D eigenvalue weighted by Crippen LogP contribution is 2.22. The van der Waals surface area contributed by atoms with Crippen molar-refractivity contribution in [3.05, 3.63) is 69.1 Å². The van der Waals surface area contributed by atoms with Crippen LogP contribution in [0.5, 0.6) is 0 Å². The van der Waals surface area contributed by atoms with Crippen molar-refractivity contribution < 1.29 is 4.79 Å². The Labute approximate surface area is 159 Å². The number of nitrogens with zero attached hydrogens (tertiary/aromatic N) is 6. The van der Waals surface area contributed by atoms with E-state index in [4.69, 9.17) is 16.9 Å². The molecule has 0 fully saturated rings. The molecule has 1 heterocycles. The van der Waals surface area contributed by atoms with Crippen LogP contribution < -0.4 is 10.6 Å². The molecule has 2 aromatic carbocycles. The zero-order valence-electron chi connectivity index (χ0n) is 14.6. The first-order valence-corrected chi connectivity index (χ1v) is 8.48. The number of carbonyl (C=O) groups is 1. The Kier molecular flexibility index (Phi) is 5.05. The van der Waals surface area contributed by atoms with Crippen LogP contribution in [0.25, 0.3) is 5.69 Å². The highest BCUT2D eigenvalue weighted by atomic mass is 35.5. The van der Waals surface area contributed by atoms with Crippen LogP contribution in [0.15, 0.2) is 47.3 Å². The normalized spacial score (nSPS) is 10.4. The number of benzene rings is 2. The molecule has 8 nitrogen and oxygen atoms in total. The van der Waals surface area contributed by atoms with E-state index in [2.05, 4.69) is 10.4 Å². The largest absolute Gasteiger partial charge is 0.377 e. The highest BCUT2D eigenvalue weighted by Gasteiger charge is 2.23. The first-order valence-electron chi connectivity index (χ1n) is 8.10. The minimum Gasteiger partial charge on any atom is -0.293 e. The lowest BCUT2D eigenvalue weighted by molar-refractivity contribution is 0.244. The zero-order chi connectivity index (χ0) is 19.6. The van der Waals surface area contributed by atoms with E-state index in [9.17, 15) is 9.59 Å². The van der Waals surface area contributed by atoms with E-state index in [0.29, 0.717) is 26.6 Å². The van der Waals surface area contributed by atoms with Crippen molar-refractivity contribution in [1.82, 2.24) is 19.8 Å². The molecule has 0 unspecified atom stereocenters. The molecule has 0 N–H and O–H groups in total. The third-order valence-corrected chi connectivity index (χ3v) is 4.30. The Balaban J connectivity index is 2.04. The summed E-state index contributed by atoms with van der Waals surface area (Å²) in [6.45, 7) is 3.81. The van der Waals surface area contributed by atoms with Gasteiger partial charge in [0.1, 0.15) is 0 Å². The van der Waals surface area contributed by atoms with Crippen molar-refractivity contribution in [2.24, 2.45) is 0 Å². The zero-order valence-corrected chi connectivity index (χ0v) is 15.4. The van der Waals surface area contributed by atoms with Gasteiger partial charge in [0.15, 0.2) is 0 Å². The van der Waals surface area contributed by atoms with Gasteiger partial charge in [-0.1, -0.05) is 29.8 Å². The Morgan fingerprint density at radius 2 is 2.00 bits per heavy atom. The Morgan fingerprint density at radius 1 is 1.26 bits per heavy atom. The summed E-state index contributed by atoms with van der Waals surface area (Å²) in [5.41, 5.74) is 1.25. The molecule has 0 aliphatic rings. The summed E-state index contributed by atoms with van der Waals surface area (Å²) in [5.74, 6) is 0. The summed E-state index contributed by atoms with van der Waals surface area (Å²) in [5, 5.41) is 16.9. The van der Waals surface area contributed by atoms with Crippen LogP contribution in [0.4, 0.5) is 10.5 Å². The molecule has 3 rings (SSSR count). The number of halogens is 1. The van der Waals surface area contributed by atoms with Crippen LogP contribution in [0.1, 0.15) is 18.1 Å². The summed E-state index contributed by atoms with van der Waals surface area (Å²) >= 11 is 6.18. The summed E-state index contributed by atoms with van der Waals surface area (Å²) in [6, 6.07) is 13.0. The van der Waals surface area contributed by atoms with E-state index in [-0.39, 0.29) is 6.54 Å². The number of tetrazole rings is 1. The predicted molar refractivity (Wildman–Crippen MR) is 100 cm³/mol. The quantitative estimate of drug-likeness (QED) is 0.649. The molecule has 0 aliphatic heterocycles. The summed E-state index contributed by atoms with van der Waals surface area (Å²) in [7, 11) is 0. The van der Waals surface area contributed by atoms with E-state index >= 15 is 0 Å². The Hall–Kier alpha value is -3.44. The maximum absolute atomic E-state index is 12.9. The highest BCUT2D eigenvalue weighted by molar-refractivity contribution is 6.32.